The van der Waals surface area contributed by atoms with E-state index in [4.69, 9.17) is 4.74 Å². The highest BCUT2D eigenvalue weighted by Crippen LogP contribution is 2.18. The molecule has 2 N–H and O–H groups in total. The molecule has 138 valence electrons. The first-order chi connectivity index (χ1) is 12.4. The van der Waals surface area contributed by atoms with Crippen LogP contribution in [0.5, 0.6) is 5.88 Å². The van der Waals surface area contributed by atoms with Gasteiger partial charge in [-0.25, -0.2) is 4.79 Å². The summed E-state index contributed by atoms with van der Waals surface area (Å²) in [6, 6.07) is 4.62. The summed E-state index contributed by atoms with van der Waals surface area (Å²) in [7, 11) is 3.74. The van der Waals surface area contributed by atoms with Crippen LogP contribution in [0.2, 0.25) is 0 Å². The van der Waals surface area contributed by atoms with Gasteiger partial charge in [-0.15, -0.1) is 10.2 Å². The highest BCUT2D eigenvalue weighted by Gasteiger charge is 2.26. The molecule has 1 unspecified atom stereocenters. The Labute approximate surface area is 148 Å². The van der Waals surface area contributed by atoms with Gasteiger partial charge in [0.1, 0.15) is 11.8 Å². The zero-order valence-electron chi connectivity index (χ0n) is 14.6. The molecule has 0 spiro atoms. The lowest BCUT2D eigenvalue weighted by Crippen LogP contribution is -2.45. The molecule has 2 aromatic heterocycles. The third-order valence-electron chi connectivity index (χ3n) is 4.03. The number of anilines is 1. The summed E-state index contributed by atoms with van der Waals surface area (Å²) in [6.07, 6.45) is 1.28. The summed E-state index contributed by atoms with van der Waals surface area (Å²) < 4.78 is 5.83. The van der Waals surface area contributed by atoms with Gasteiger partial charge in [-0.3, -0.25) is 14.6 Å². The van der Waals surface area contributed by atoms with Crippen LogP contribution in [0.3, 0.4) is 0 Å². The van der Waals surface area contributed by atoms with E-state index in [2.05, 4.69) is 15.2 Å². The number of carbonyl (C=O) groups is 1. The molecular formula is C16H20N6O4. The summed E-state index contributed by atoms with van der Waals surface area (Å²) in [6.45, 7) is 0.865. The highest BCUT2D eigenvalue weighted by atomic mass is 16.5. The van der Waals surface area contributed by atoms with Crippen LogP contribution in [-0.2, 0) is 0 Å². The molecule has 10 nitrogen and oxygen atoms in total. The van der Waals surface area contributed by atoms with Crippen LogP contribution in [0, 0.1) is 0 Å². The SMILES string of the molecule is CN(C)c1ccc(OC2CCCN(C(=O)c3cc(=O)[nH]c(=O)[nH]3)C2)nn1. The van der Waals surface area contributed by atoms with E-state index < -0.39 is 17.2 Å². The summed E-state index contributed by atoms with van der Waals surface area (Å²) >= 11 is 0. The normalized spacial score (nSPS) is 17.0. The molecule has 10 heteroatoms. The molecule has 0 bridgehead atoms. The zero-order chi connectivity index (χ0) is 18.7. The number of ether oxygens (including phenoxy) is 1. The van der Waals surface area contributed by atoms with Gasteiger partial charge in [0.15, 0.2) is 5.82 Å². The highest BCUT2D eigenvalue weighted by molar-refractivity contribution is 5.92. The lowest BCUT2D eigenvalue weighted by Gasteiger charge is -2.32. The van der Waals surface area contributed by atoms with Crippen LogP contribution < -0.4 is 20.9 Å². The van der Waals surface area contributed by atoms with E-state index >= 15 is 0 Å². The second-order valence-corrected chi connectivity index (χ2v) is 6.26. The molecule has 3 heterocycles. The third kappa shape index (κ3) is 4.08. The Balaban J connectivity index is 1.67. The smallest absolute Gasteiger partial charge is 0.326 e. The van der Waals surface area contributed by atoms with Crippen molar-refractivity contribution in [2.75, 3.05) is 32.1 Å². The fourth-order valence-electron chi connectivity index (χ4n) is 2.76. The lowest BCUT2D eigenvalue weighted by molar-refractivity contribution is 0.0520. The maximum atomic E-state index is 12.5. The number of nitrogens with one attached hydrogen (secondary N) is 2. The van der Waals surface area contributed by atoms with E-state index in [1.807, 2.05) is 24.0 Å². The number of hydrogen-bond acceptors (Lipinski definition) is 7. The van der Waals surface area contributed by atoms with Gasteiger partial charge >= 0.3 is 5.69 Å². The topological polar surface area (TPSA) is 124 Å². The first kappa shape index (κ1) is 17.6. The van der Waals surface area contributed by atoms with E-state index in [0.717, 1.165) is 24.7 Å². The fourth-order valence-corrected chi connectivity index (χ4v) is 2.76. The van der Waals surface area contributed by atoms with Gasteiger partial charge in [0.25, 0.3) is 11.5 Å². The van der Waals surface area contributed by atoms with E-state index in [-0.39, 0.29) is 11.8 Å². The quantitative estimate of drug-likeness (QED) is 0.760. The molecule has 0 radical (unpaired) electrons. The molecular weight excluding hydrogens is 340 g/mol. The van der Waals surface area contributed by atoms with Crippen molar-refractivity contribution in [1.29, 1.82) is 0 Å². The van der Waals surface area contributed by atoms with Crippen molar-refractivity contribution in [2.45, 2.75) is 18.9 Å². The number of amides is 1. The number of rotatable bonds is 4. The van der Waals surface area contributed by atoms with Crippen LogP contribution in [0.15, 0.2) is 27.8 Å². The Kier molecular flexibility index (Phi) is 5.01. The first-order valence-electron chi connectivity index (χ1n) is 8.23. The van der Waals surface area contributed by atoms with Crippen LogP contribution in [0.1, 0.15) is 23.3 Å². The molecule has 2 aromatic rings. The zero-order valence-corrected chi connectivity index (χ0v) is 14.6. The molecule has 1 amide bonds. The first-order valence-corrected chi connectivity index (χ1v) is 8.23. The number of nitrogens with zero attached hydrogens (tertiary/aromatic N) is 4. The Morgan fingerprint density at radius 2 is 2.08 bits per heavy atom. The number of carbonyl (C=O) groups excluding carboxylic acids is 1. The standard InChI is InChI=1S/C16H20N6O4/c1-21(2)12-5-6-14(20-19-12)26-10-4-3-7-22(9-10)15(24)11-8-13(23)18-16(25)17-11/h5-6,8,10H,3-4,7,9H2,1-2H3,(H2,17,18,23,25). The number of aromatic nitrogens is 4. The van der Waals surface area contributed by atoms with Crippen LogP contribution >= 0.6 is 0 Å². The van der Waals surface area contributed by atoms with Gasteiger partial charge in [-0.05, 0) is 18.9 Å². The van der Waals surface area contributed by atoms with E-state index in [1.165, 1.54) is 0 Å². The third-order valence-corrected chi connectivity index (χ3v) is 4.03. The summed E-state index contributed by atoms with van der Waals surface area (Å²) in [5.41, 5.74) is -1.35. The van der Waals surface area contributed by atoms with Crippen molar-refractivity contribution in [1.82, 2.24) is 25.1 Å². The van der Waals surface area contributed by atoms with Crippen molar-refractivity contribution < 1.29 is 9.53 Å². The molecule has 0 aromatic carbocycles. The lowest BCUT2D eigenvalue weighted by atomic mass is 10.1. The van der Waals surface area contributed by atoms with Crippen LogP contribution in [0.25, 0.3) is 0 Å². The number of piperidine rings is 1. The minimum absolute atomic E-state index is 0.0328. The molecule has 1 atom stereocenters. The Hall–Kier alpha value is -3.17. The van der Waals surface area contributed by atoms with Crippen LogP contribution in [0.4, 0.5) is 5.82 Å². The van der Waals surface area contributed by atoms with Crippen molar-refractivity contribution in [3.63, 3.8) is 0 Å². The predicted octanol–water partition coefficient (Wildman–Crippen LogP) is -0.397. The monoisotopic (exact) mass is 360 g/mol. The van der Waals surface area contributed by atoms with Gasteiger partial charge < -0.3 is 19.5 Å². The molecule has 1 aliphatic heterocycles. The molecule has 3 rings (SSSR count). The van der Waals surface area contributed by atoms with Crippen molar-refractivity contribution in [2.24, 2.45) is 0 Å². The van der Waals surface area contributed by atoms with Crippen molar-refractivity contribution >= 4 is 11.7 Å². The van der Waals surface area contributed by atoms with E-state index in [0.29, 0.717) is 19.0 Å². The summed E-state index contributed by atoms with van der Waals surface area (Å²) in [5.74, 6) is 0.700. The molecule has 1 aliphatic rings. The van der Waals surface area contributed by atoms with Gasteiger partial charge in [-0.2, -0.15) is 0 Å². The van der Waals surface area contributed by atoms with Crippen LogP contribution in [-0.4, -0.2) is 64.3 Å². The minimum Gasteiger partial charge on any atom is -0.471 e. The molecule has 1 fully saturated rings. The average Bonchev–Trinajstić information content (AvgIpc) is 2.61. The Bertz CT molecular complexity index is 860. The number of likely N-dealkylation sites (tertiary alicyclic amines) is 1. The maximum absolute atomic E-state index is 12.5. The summed E-state index contributed by atoms with van der Waals surface area (Å²) in [5, 5.41) is 8.09. The second kappa shape index (κ2) is 7.38. The molecule has 1 saturated heterocycles. The Morgan fingerprint density at radius 1 is 1.27 bits per heavy atom. The minimum atomic E-state index is -0.707. The molecule has 0 aliphatic carbocycles. The van der Waals surface area contributed by atoms with E-state index in [1.54, 1.807) is 17.0 Å². The van der Waals surface area contributed by atoms with Gasteiger partial charge in [0.2, 0.25) is 5.88 Å². The predicted molar refractivity (Wildman–Crippen MR) is 93.6 cm³/mol. The fraction of sp³-hybridized carbons (Fsp3) is 0.438. The average molecular weight is 360 g/mol. The number of hydrogen-bond donors (Lipinski definition) is 2. The van der Waals surface area contributed by atoms with Gasteiger partial charge in [0, 0.05) is 32.8 Å². The second-order valence-electron chi connectivity index (χ2n) is 6.26. The van der Waals surface area contributed by atoms with Gasteiger partial charge in [-0.1, -0.05) is 0 Å². The molecule has 0 saturated carbocycles. The molecule has 26 heavy (non-hydrogen) atoms. The maximum Gasteiger partial charge on any atom is 0.326 e. The number of H-pyrrole nitrogens is 2. The van der Waals surface area contributed by atoms with Crippen molar-refractivity contribution in [3.05, 3.63) is 44.7 Å². The van der Waals surface area contributed by atoms with E-state index in [9.17, 15) is 14.4 Å². The number of aromatic amines is 2. The largest absolute Gasteiger partial charge is 0.471 e. The summed E-state index contributed by atoms with van der Waals surface area (Å²) in [4.78, 5) is 43.1. The Morgan fingerprint density at radius 3 is 2.73 bits per heavy atom. The van der Waals surface area contributed by atoms with Crippen molar-refractivity contribution in [3.8, 4) is 5.88 Å². The van der Waals surface area contributed by atoms with Gasteiger partial charge in [0.05, 0.1) is 6.54 Å².